The molecule has 0 unspecified atom stereocenters. The van der Waals surface area contributed by atoms with Crippen LogP contribution in [0.25, 0.3) is 0 Å². The number of anilines is 1. The number of pyridine rings is 1. The van der Waals surface area contributed by atoms with Gasteiger partial charge in [0, 0.05) is 56.3 Å². The van der Waals surface area contributed by atoms with E-state index in [0.29, 0.717) is 12.2 Å². The molecule has 1 saturated heterocycles. The minimum atomic E-state index is -2.68. The fourth-order valence-electron chi connectivity index (χ4n) is 2.86. The van der Waals surface area contributed by atoms with Crippen molar-refractivity contribution in [3.05, 3.63) is 23.4 Å². The fraction of sp³-hybridized carbons (Fsp3) is 0.688. The van der Waals surface area contributed by atoms with E-state index in [1.807, 2.05) is 12.1 Å². The molecule has 0 aromatic carbocycles. The van der Waals surface area contributed by atoms with Crippen molar-refractivity contribution in [2.45, 2.75) is 38.7 Å². The smallest absolute Gasteiger partial charge is 0.246 e. The van der Waals surface area contributed by atoms with Gasteiger partial charge in [0.25, 0.3) is 0 Å². The predicted molar refractivity (Wildman–Crippen MR) is 85.5 cm³/mol. The Labute approximate surface area is 131 Å². The molecule has 0 amide bonds. The van der Waals surface area contributed by atoms with Gasteiger partial charge in [-0.05, 0) is 20.0 Å². The molecule has 4 nitrogen and oxygen atoms in total. The molecule has 22 heavy (non-hydrogen) atoms. The standard InChI is InChI=1S/C16H26F2N4/c1-12(10-16(2,17)18)14-5-4-13(11-19)15(20-14)22-8-6-21(3)7-9-22/h4-5,12H,6-11,19H2,1-3H3/t12-/m0/s1. The molecule has 0 saturated carbocycles. The number of nitrogens with zero attached hydrogens (tertiary/aromatic N) is 3. The Hall–Kier alpha value is -1.27. The molecular weight excluding hydrogens is 286 g/mol. The van der Waals surface area contributed by atoms with E-state index in [1.165, 1.54) is 0 Å². The van der Waals surface area contributed by atoms with Gasteiger partial charge in [0.1, 0.15) is 5.82 Å². The van der Waals surface area contributed by atoms with E-state index >= 15 is 0 Å². The Kier molecular flexibility index (Phi) is 5.34. The van der Waals surface area contributed by atoms with Crippen molar-refractivity contribution < 1.29 is 8.78 Å². The zero-order valence-corrected chi connectivity index (χ0v) is 13.6. The van der Waals surface area contributed by atoms with Crippen LogP contribution < -0.4 is 10.6 Å². The van der Waals surface area contributed by atoms with Crippen molar-refractivity contribution in [3.63, 3.8) is 0 Å². The molecule has 2 heterocycles. The summed E-state index contributed by atoms with van der Waals surface area (Å²) >= 11 is 0. The maximum atomic E-state index is 13.2. The average Bonchev–Trinajstić information content (AvgIpc) is 2.45. The molecule has 1 aliphatic rings. The molecule has 0 radical (unpaired) electrons. The van der Waals surface area contributed by atoms with Crippen LogP contribution in [0.2, 0.25) is 0 Å². The van der Waals surface area contributed by atoms with E-state index in [-0.39, 0.29) is 12.3 Å². The monoisotopic (exact) mass is 312 g/mol. The Morgan fingerprint density at radius 3 is 2.45 bits per heavy atom. The largest absolute Gasteiger partial charge is 0.354 e. The number of hydrogen-bond acceptors (Lipinski definition) is 4. The van der Waals surface area contributed by atoms with Crippen LogP contribution in [0.15, 0.2) is 12.1 Å². The lowest BCUT2D eigenvalue weighted by Gasteiger charge is -2.34. The van der Waals surface area contributed by atoms with E-state index in [4.69, 9.17) is 5.73 Å². The first-order valence-corrected chi connectivity index (χ1v) is 7.81. The van der Waals surface area contributed by atoms with E-state index in [0.717, 1.165) is 44.5 Å². The first-order chi connectivity index (χ1) is 10.3. The second kappa shape index (κ2) is 6.87. The topological polar surface area (TPSA) is 45.4 Å². The summed E-state index contributed by atoms with van der Waals surface area (Å²) in [6.07, 6.45) is -0.190. The van der Waals surface area contributed by atoms with Crippen LogP contribution >= 0.6 is 0 Å². The van der Waals surface area contributed by atoms with Crippen LogP contribution in [0.5, 0.6) is 0 Å². The molecule has 0 bridgehead atoms. The van der Waals surface area contributed by atoms with Crippen LogP contribution in [0.3, 0.4) is 0 Å². The van der Waals surface area contributed by atoms with Crippen LogP contribution in [0.1, 0.15) is 37.4 Å². The van der Waals surface area contributed by atoms with Crippen LogP contribution in [0.4, 0.5) is 14.6 Å². The summed E-state index contributed by atoms with van der Waals surface area (Å²) in [7, 11) is 2.09. The van der Waals surface area contributed by atoms with Gasteiger partial charge in [-0.1, -0.05) is 13.0 Å². The maximum absolute atomic E-state index is 13.2. The van der Waals surface area contributed by atoms with E-state index in [1.54, 1.807) is 6.92 Å². The Bertz CT molecular complexity index is 493. The quantitative estimate of drug-likeness (QED) is 0.907. The van der Waals surface area contributed by atoms with Crippen molar-refractivity contribution in [2.75, 3.05) is 38.1 Å². The molecule has 1 atom stereocenters. The molecule has 1 aromatic rings. The summed E-state index contributed by atoms with van der Waals surface area (Å²) in [5, 5.41) is 0. The number of aromatic nitrogens is 1. The Balaban J connectivity index is 2.22. The highest BCUT2D eigenvalue weighted by molar-refractivity contribution is 5.48. The molecule has 0 aliphatic carbocycles. The van der Waals surface area contributed by atoms with Crippen LogP contribution in [-0.2, 0) is 6.54 Å². The molecule has 1 aromatic heterocycles. The van der Waals surface area contributed by atoms with Crippen LogP contribution in [0, 0.1) is 0 Å². The number of nitrogens with two attached hydrogens (primary N) is 1. The summed E-state index contributed by atoms with van der Waals surface area (Å²) in [4.78, 5) is 9.15. The molecular formula is C16H26F2N4. The SMILES string of the molecule is C[C@@H](CC(C)(F)F)c1ccc(CN)c(N2CCN(C)CC2)n1. The molecule has 1 aliphatic heterocycles. The molecule has 2 N–H and O–H groups in total. The Morgan fingerprint density at radius 2 is 1.91 bits per heavy atom. The zero-order valence-electron chi connectivity index (χ0n) is 13.6. The Morgan fingerprint density at radius 1 is 1.27 bits per heavy atom. The van der Waals surface area contributed by atoms with Gasteiger partial charge in [-0.2, -0.15) is 0 Å². The van der Waals surface area contributed by atoms with E-state index in [9.17, 15) is 8.78 Å². The third-order valence-corrected chi connectivity index (χ3v) is 4.17. The summed E-state index contributed by atoms with van der Waals surface area (Å²) in [6.45, 7) is 6.88. The van der Waals surface area contributed by atoms with Gasteiger partial charge in [0.05, 0.1) is 0 Å². The highest BCUT2D eigenvalue weighted by atomic mass is 19.3. The van der Waals surface area contributed by atoms with Gasteiger partial charge in [-0.25, -0.2) is 13.8 Å². The molecule has 0 spiro atoms. The fourth-order valence-corrected chi connectivity index (χ4v) is 2.86. The minimum absolute atomic E-state index is 0.190. The molecule has 1 fully saturated rings. The number of halogens is 2. The normalized spacial score (nSPS) is 18.5. The first kappa shape index (κ1) is 17.1. The number of piperazine rings is 1. The molecule has 2 rings (SSSR count). The summed E-state index contributed by atoms with van der Waals surface area (Å²) in [5.74, 6) is -2.10. The van der Waals surface area contributed by atoms with Gasteiger partial charge in [0.15, 0.2) is 0 Å². The number of rotatable bonds is 5. The summed E-state index contributed by atoms with van der Waals surface area (Å²) < 4.78 is 26.5. The molecule has 6 heteroatoms. The third-order valence-electron chi connectivity index (χ3n) is 4.17. The highest BCUT2D eigenvalue weighted by Gasteiger charge is 2.27. The average molecular weight is 312 g/mol. The van der Waals surface area contributed by atoms with Gasteiger partial charge >= 0.3 is 0 Å². The van der Waals surface area contributed by atoms with Crippen molar-refractivity contribution in [3.8, 4) is 0 Å². The highest BCUT2D eigenvalue weighted by Crippen LogP contribution is 2.30. The van der Waals surface area contributed by atoms with Gasteiger partial charge in [-0.3, -0.25) is 0 Å². The number of hydrogen-bond donors (Lipinski definition) is 1. The summed E-state index contributed by atoms with van der Waals surface area (Å²) in [6, 6.07) is 3.76. The lowest BCUT2D eigenvalue weighted by Crippen LogP contribution is -2.45. The van der Waals surface area contributed by atoms with E-state index < -0.39 is 5.92 Å². The maximum Gasteiger partial charge on any atom is 0.246 e. The second-order valence-electron chi connectivity index (χ2n) is 6.39. The summed E-state index contributed by atoms with van der Waals surface area (Å²) in [5.41, 5.74) is 7.51. The van der Waals surface area contributed by atoms with Crippen molar-refractivity contribution in [1.82, 2.24) is 9.88 Å². The van der Waals surface area contributed by atoms with Crippen molar-refractivity contribution in [2.24, 2.45) is 5.73 Å². The first-order valence-electron chi connectivity index (χ1n) is 7.81. The molecule has 124 valence electrons. The predicted octanol–water partition coefficient (Wildman–Crippen LogP) is 2.44. The second-order valence-corrected chi connectivity index (χ2v) is 6.39. The minimum Gasteiger partial charge on any atom is -0.354 e. The number of alkyl halides is 2. The third kappa shape index (κ3) is 4.36. The van der Waals surface area contributed by atoms with E-state index in [2.05, 4.69) is 21.8 Å². The number of likely N-dealkylation sites (N-methyl/N-ethyl adjacent to an activating group) is 1. The van der Waals surface area contributed by atoms with Gasteiger partial charge in [0.2, 0.25) is 5.92 Å². The van der Waals surface area contributed by atoms with Crippen molar-refractivity contribution in [1.29, 1.82) is 0 Å². The lowest BCUT2D eigenvalue weighted by molar-refractivity contribution is 0.00687. The van der Waals surface area contributed by atoms with Crippen LogP contribution in [-0.4, -0.2) is 49.0 Å². The lowest BCUT2D eigenvalue weighted by atomic mass is 9.99. The zero-order chi connectivity index (χ0) is 16.3. The van der Waals surface area contributed by atoms with Crippen molar-refractivity contribution >= 4 is 5.82 Å². The van der Waals surface area contributed by atoms with Gasteiger partial charge < -0.3 is 15.5 Å². The van der Waals surface area contributed by atoms with Gasteiger partial charge in [-0.15, -0.1) is 0 Å².